The number of rotatable bonds is 7. The first-order valence-corrected chi connectivity index (χ1v) is 7.56. The van der Waals surface area contributed by atoms with Crippen molar-refractivity contribution in [3.8, 4) is 0 Å². The van der Waals surface area contributed by atoms with Crippen molar-refractivity contribution in [1.29, 1.82) is 0 Å². The second-order valence-corrected chi connectivity index (χ2v) is 5.93. The van der Waals surface area contributed by atoms with Crippen LogP contribution in [0.3, 0.4) is 0 Å². The van der Waals surface area contributed by atoms with Crippen molar-refractivity contribution < 1.29 is 14.3 Å². The van der Waals surface area contributed by atoms with Crippen LogP contribution in [-0.4, -0.2) is 56.9 Å². The number of nitrogens with two attached hydrogens (primary N) is 1. The van der Waals surface area contributed by atoms with Crippen LogP contribution in [-0.2, 0) is 14.3 Å². The van der Waals surface area contributed by atoms with Crippen molar-refractivity contribution in [2.75, 3.05) is 34.0 Å². The Hall–Kier alpha value is -0.650. The highest BCUT2D eigenvalue weighted by Gasteiger charge is 2.37. The van der Waals surface area contributed by atoms with Gasteiger partial charge in [0.15, 0.2) is 0 Å². The first-order chi connectivity index (χ1) is 9.52. The van der Waals surface area contributed by atoms with Crippen LogP contribution in [0.15, 0.2) is 0 Å². The Kier molecular flexibility index (Phi) is 7.48. The summed E-state index contributed by atoms with van der Waals surface area (Å²) in [5, 5.41) is 0. The van der Waals surface area contributed by atoms with Crippen molar-refractivity contribution in [3.63, 3.8) is 0 Å². The monoisotopic (exact) mass is 286 g/mol. The van der Waals surface area contributed by atoms with E-state index >= 15 is 0 Å². The molecule has 0 aromatic carbocycles. The summed E-state index contributed by atoms with van der Waals surface area (Å²) in [4.78, 5) is 14.8. The summed E-state index contributed by atoms with van der Waals surface area (Å²) in [6, 6.07) is 0.0232. The molecule has 0 heterocycles. The third kappa shape index (κ3) is 4.43. The van der Waals surface area contributed by atoms with Gasteiger partial charge in [-0.2, -0.15) is 0 Å². The number of hydrogen-bond acceptors (Lipinski definition) is 4. The summed E-state index contributed by atoms with van der Waals surface area (Å²) in [7, 11) is 3.31. The van der Waals surface area contributed by atoms with Gasteiger partial charge in [-0.1, -0.05) is 13.3 Å². The molecule has 0 spiro atoms. The lowest BCUT2D eigenvalue weighted by Crippen LogP contribution is -2.52. The number of ether oxygens (including phenoxy) is 2. The molecule has 0 aliphatic heterocycles. The maximum absolute atomic E-state index is 12.9. The third-order valence-electron chi connectivity index (χ3n) is 4.32. The van der Waals surface area contributed by atoms with Crippen molar-refractivity contribution >= 4 is 5.91 Å². The van der Waals surface area contributed by atoms with E-state index in [-0.39, 0.29) is 23.9 Å². The van der Waals surface area contributed by atoms with Crippen molar-refractivity contribution in [2.45, 2.75) is 45.2 Å². The number of carbonyl (C=O) groups is 1. The Balaban J connectivity index is 2.79. The van der Waals surface area contributed by atoms with E-state index in [4.69, 9.17) is 15.2 Å². The van der Waals surface area contributed by atoms with Gasteiger partial charge in [0, 0.05) is 26.8 Å². The lowest BCUT2D eigenvalue weighted by atomic mass is 9.76. The van der Waals surface area contributed by atoms with Crippen LogP contribution in [0.5, 0.6) is 0 Å². The predicted octanol–water partition coefficient (Wildman–Crippen LogP) is 1.26. The van der Waals surface area contributed by atoms with E-state index in [2.05, 4.69) is 6.92 Å². The maximum atomic E-state index is 12.9. The minimum Gasteiger partial charge on any atom is -0.383 e. The molecule has 5 nitrogen and oxygen atoms in total. The zero-order valence-electron chi connectivity index (χ0n) is 13.3. The fraction of sp³-hybridized carbons (Fsp3) is 0.933. The van der Waals surface area contributed by atoms with Gasteiger partial charge in [-0.25, -0.2) is 0 Å². The Morgan fingerprint density at radius 3 is 2.60 bits per heavy atom. The summed E-state index contributed by atoms with van der Waals surface area (Å²) in [6.45, 7) is 5.81. The summed E-state index contributed by atoms with van der Waals surface area (Å²) in [5.74, 6) is 0.442. The number of methoxy groups -OCH3 is 2. The minimum absolute atomic E-state index is 0.0222. The average molecular weight is 286 g/mol. The SMILES string of the molecule is COCCN(C(=O)C1C(C)CCCC1N)C(C)COC. The molecule has 0 aromatic rings. The molecule has 1 fully saturated rings. The molecule has 20 heavy (non-hydrogen) atoms. The highest BCUT2D eigenvalue weighted by Crippen LogP contribution is 2.30. The second-order valence-electron chi connectivity index (χ2n) is 5.93. The Morgan fingerprint density at radius 2 is 2.05 bits per heavy atom. The fourth-order valence-corrected chi connectivity index (χ4v) is 3.14. The smallest absolute Gasteiger partial charge is 0.227 e. The van der Waals surface area contributed by atoms with Crippen LogP contribution in [0.25, 0.3) is 0 Å². The van der Waals surface area contributed by atoms with Gasteiger partial charge in [0.05, 0.1) is 25.2 Å². The Morgan fingerprint density at radius 1 is 1.35 bits per heavy atom. The van der Waals surface area contributed by atoms with E-state index in [9.17, 15) is 4.79 Å². The Bertz CT molecular complexity index is 289. The van der Waals surface area contributed by atoms with Gasteiger partial charge >= 0.3 is 0 Å². The third-order valence-corrected chi connectivity index (χ3v) is 4.32. The van der Waals surface area contributed by atoms with E-state index in [0.29, 0.717) is 25.7 Å². The molecule has 1 saturated carbocycles. The zero-order valence-corrected chi connectivity index (χ0v) is 13.3. The minimum atomic E-state index is -0.0695. The van der Waals surface area contributed by atoms with Crippen LogP contribution in [0.2, 0.25) is 0 Å². The topological polar surface area (TPSA) is 64.8 Å². The quantitative estimate of drug-likeness (QED) is 0.765. The first kappa shape index (κ1) is 17.4. The van der Waals surface area contributed by atoms with Crippen molar-refractivity contribution in [2.24, 2.45) is 17.6 Å². The van der Waals surface area contributed by atoms with Crippen LogP contribution in [0.1, 0.15) is 33.1 Å². The van der Waals surface area contributed by atoms with Gasteiger partial charge < -0.3 is 20.1 Å². The van der Waals surface area contributed by atoms with Crippen LogP contribution < -0.4 is 5.73 Å². The van der Waals surface area contributed by atoms with Crippen molar-refractivity contribution in [3.05, 3.63) is 0 Å². The molecule has 0 aromatic heterocycles. The van der Waals surface area contributed by atoms with Gasteiger partial charge in [-0.3, -0.25) is 4.79 Å². The lowest BCUT2D eigenvalue weighted by Gasteiger charge is -2.39. The van der Waals surface area contributed by atoms with E-state index in [1.165, 1.54) is 0 Å². The largest absolute Gasteiger partial charge is 0.383 e. The number of amides is 1. The normalized spacial score (nSPS) is 28.1. The molecule has 4 unspecified atom stereocenters. The molecule has 118 valence electrons. The van der Waals surface area contributed by atoms with Gasteiger partial charge in [0.1, 0.15) is 0 Å². The molecule has 1 aliphatic rings. The molecule has 1 aliphatic carbocycles. The van der Waals surface area contributed by atoms with Crippen LogP contribution in [0, 0.1) is 11.8 Å². The van der Waals surface area contributed by atoms with Gasteiger partial charge in [-0.05, 0) is 25.7 Å². The number of nitrogens with zero attached hydrogens (tertiary/aromatic N) is 1. The Labute approximate surface area is 122 Å². The number of hydrogen-bond donors (Lipinski definition) is 1. The lowest BCUT2D eigenvalue weighted by molar-refractivity contribution is -0.143. The van der Waals surface area contributed by atoms with E-state index in [0.717, 1.165) is 19.3 Å². The first-order valence-electron chi connectivity index (χ1n) is 7.56. The van der Waals surface area contributed by atoms with E-state index in [1.54, 1.807) is 14.2 Å². The standard InChI is InChI=1S/C15H30N2O3/c1-11-6-5-7-13(16)14(11)15(18)17(8-9-19-3)12(2)10-20-4/h11-14H,5-10,16H2,1-4H3. The average Bonchev–Trinajstić information content (AvgIpc) is 2.39. The van der Waals surface area contributed by atoms with Crippen molar-refractivity contribution in [1.82, 2.24) is 4.90 Å². The molecule has 1 rings (SSSR count). The molecular formula is C15H30N2O3. The predicted molar refractivity (Wildman–Crippen MR) is 79.4 cm³/mol. The fourth-order valence-electron chi connectivity index (χ4n) is 3.14. The number of carbonyl (C=O) groups excluding carboxylic acids is 1. The summed E-state index contributed by atoms with van der Waals surface area (Å²) in [6.07, 6.45) is 3.15. The van der Waals surface area contributed by atoms with Gasteiger partial charge in [-0.15, -0.1) is 0 Å². The molecule has 0 bridgehead atoms. The molecule has 2 N–H and O–H groups in total. The zero-order chi connectivity index (χ0) is 15.1. The molecule has 5 heteroatoms. The molecule has 0 radical (unpaired) electrons. The van der Waals surface area contributed by atoms with Gasteiger partial charge in [0.25, 0.3) is 0 Å². The highest BCUT2D eigenvalue weighted by atomic mass is 16.5. The van der Waals surface area contributed by atoms with Crippen LogP contribution >= 0.6 is 0 Å². The van der Waals surface area contributed by atoms with Gasteiger partial charge in [0.2, 0.25) is 5.91 Å². The molecule has 1 amide bonds. The summed E-state index contributed by atoms with van der Waals surface area (Å²) in [5.41, 5.74) is 6.20. The highest BCUT2D eigenvalue weighted by molar-refractivity contribution is 5.80. The molecule has 0 saturated heterocycles. The van der Waals surface area contributed by atoms with Crippen LogP contribution in [0.4, 0.5) is 0 Å². The summed E-state index contributed by atoms with van der Waals surface area (Å²) < 4.78 is 10.3. The van der Waals surface area contributed by atoms with E-state index in [1.807, 2.05) is 11.8 Å². The second kappa shape index (κ2) is 8.60. The maximum Gasteiger partial charge on any atom is 0.227 e. The van der Waals surface area contributed by atoms with E-state index < -0.39 is 0 Å². The molecular weight excluding hydrogens is 256 g/mol. The molecule has 4 atom stereocenters. The summed E-state index contributed by atoms with van der Waals surface area (Å²) >= 11 is 0.